The van der Waals surface area contributed by atoms with Crippen LogP contribution in [0, 0.1) is 5.92 Å². The van der Waals surface area contributed by atoms with E-state index >= 15 is 0 Å². The van der Waals surface area contributed by atoms with E-state index in [9.17, 15) is 14.7 Å². The minimum absolute atomic E-state index is 0.134. The van der Waals surface area contributed by atoms with Crippen LogP contribution in [0.4, 0.5) is 4.79 Å². The molecule has 0 spiro atoms. The molecule has 0 unspecified atom stereocenters. The fourth-order valence-electron chi connectivity index (χ4n) is 2.37. The molecular formula is C13H17N3O4. The molecule has 2 N–H and O–H groups in total. The molecule has 1 aliphatic carbocycles. The van der Waals surface area contributed by atoms with Gasteiger partial charge in [0.1, 0.15) is 5.82 Å². The molecule has 108 valence electrons. The summed E-state index contributed by atoms with van der Waals surface area (Å²) in [5, 5.41) is 9.21. The zero-order valence-corrected chi connectivity index (χ0v) is 11.1. The third-order valence-corrected chi connectivity index (χ3v) is 3.67. The number of carbonyl (C=O) groups is 1. The van der Waals surface area contributed by atoms with E-state index in [1.807, 2.05) is 0 Å². The van der Waals surface area contributed by atoms with Crippen LogP contribution in [0.25, 0.3) is 0 Å². The Morgan fingerprint density at radius 1 is 1.50 bits per heavy atom. The standard InChI is InChI=1S/C13H17N3O4/c17-12-9-7-20-4-3-10(9)14-11(15-12)6-16(13(18)19)5-8-1-2-8/h8H,1-7H2,(H,18,19)(H,14,15,17). The van der Waals surface area contributed by atoms with Crippen molar-refractivity contribution >= 4 is 6.09 Å². The van der Waals surface area contributed by atoms with Crippen LogP contribution in [0.3, 0.4) is 0 Å². The van der Waals surface area contributed by atoms with Gasteiger partial charge in [-0.25, -0.2) is 9.78 Å². The number of ether oxygens (including phenoxy) is 1. The van der Waals surface area contributed by atoms with Gasteiger partial charge in [-0.2, -0.15) is 0 Å². The van der Waals surface area contributed by atoms with Gasteiger partial charge in [0.25, 0.3) is 5.56 Å². The van der Waals surface area contributed by atoms with E-state index in [1.165, 1.54) is 4.90 Å². The van der Waals surface area contributed by atoms with Gasteiger partial charge in [-0.05, 0) is 18.8 Å². The summed E-state index contributed by atoms with van der Waals surface area (Å²) in [6, 6.07) is 0. The second-order valence-corrected chi connectivity index (χ2v) is 5.35. The van der Waals surface area contributed by atoms with Crippen molar-refractivity contribution in [3.8, 4) is 0 Å². The monoisotopic (exact) mass is 279 g/mol. The van der Waals surface area contributed by atoms with E-state index in [2.05, 4.69) is 9.97 Å². The summed E-state index contributed by atoms with van der Waals surface area (Å²) in [6.45, 7) is 1.48. The lowest BCUT2D eigenvalue weighted by Crippen LogP contribution is -2.34. The predicted molar refractivity (Wildman–Crippen MR) is 69.4 cm³/mol. The Labute approximate surface area is 115 Å². The van der Waals surface area contributed by atoms with Crippen molar-refractivity contribution in [3.05, 3.63) is 27.4 Å². The summed E-state index contributed by atoms with van der Waals surface area (Å²) in [5.74, 6) is 0.877. The van der Waals surface area contributed by atoms with Gasteiger partial charge in [0.2, 0.25) is 0 Å². The summed E-state index contributed by atoms with van der Waals surface area (Å²) in [7, 11) is 0. The second-order valence-electron chi connectivity index (χ2n) is 5.35. The number of hydrogen-bond donors (Lipinski definition) is 2. The minimum Gasteiger partial charge on any atom is -0.465 e. The molecule has 0 atom stereocenters. The molecule has 1 aromatic heterocycles. The third kappa shape index (κ3) is 2.82. The van der Waals surface area contributed by atoms with E-state index < -0.39 is 6.09 Å². The summed E-state index contributed by atoms with van der Waals surface area (Å²) in [5.41, 5.74) is 1.07. The van der Waals surface area contributed by atoms with Gasteiger partial charge in [-0.1, -0.05) is 0 Å². The molecule has 1 aliphatic heterocycles. The number of carboxylic acid groups (broad SMARTS) is 1. The van der Waals surface area contributed by atoms with E-state index in [-0.39, 0.29) is 18.7 Å². The zero-order chi connectivity index (χ0) is 14.1. The first-order valence-corrected chi connectivity index (χ1v) is 6.80. The van der Waals surface area contributed by atoms with Crippen molar-refractivity contribution in [2.45, 2.75) is 32.4 Å². The number of amides is 1. The predicted octanol–water partition coefficient (Wildman–Crippen LogP) is 0.733. The van der Waals surface area contributed by atoms with E-state index in [0.29, 0.717) is 36.9 Å². The van der Waals surface area contributed by atoms with Gasteiger partial charge in [0, 0.05) is 13.0 Å². The number of rotatable bonds is 4. The molecule has 2 aliphatic rings. The van der Waals surface area contributed by atoms with Gasteiger partial charge in [-0.3, -0.25) is 4.79 Å². The zero-order valence-electron chi connectivity index (χ0n) is 11.1. The second kappa shape index (κ2) is 5.24. The molecule has 7 nitrogen and oxygen atoms in total. The lowest BCUT2D eigenvalue weighted by atomic mass is 10.1. The highest BCUT2D eigenvalue weighted by Crippen LogP contribution is 2.30. The number of hydrogen-bond acceptors (Lipinski definition) is 4. The third-order valence-electron chi connectivity index (χ3n) is 3.67. The normalized spacial score (nSPS) is 17.6. The first-order chi connectivity index (χ1) is 9.63. The molecule has 0 aromatic carbocycles. The Kier molecular flexibility index (Phi) is 3.43. The van der Waals surface area contributed by atoms with Crippen LogP contribution in [0.15, 0.2) is 4.79 Å². The molecule has 1 fully saturated rings. The number of aromatic nitrogens is 2. The van der Waals surface area contributed by atoms with Gasteiger partial charge in [0.05, 0.1) is 31.0 Å². The number of nitrogens with one attached hydrogen (secondary N) is 1. The van der Waals surface area contributed by atoms with Crippen LogP contribution in [-0.2, 0) is 24.3 Å². The van der Waals surface area contributed by atoms with Crippen LogP contribution in [0.2, 0.25) is 0 Å². The van der Waals surface area contributed by atoms with Crippen molar-refractivity contribution in [1.29, 1.82) is 0 Å². The van der Waals surface area contributed by atoms with Gasteiger partial charge < -0.3 is 19.7 Å². The molecule has 1 saturated carbocycles. The number of nitrogens with zero attached hydrogens (tertiary/aromatic N) is 2. The quantitative estimate of drug-likeness (QED) is 0.847. The van der Waals surface area contributed by atoms with Gasteiger partial charge in [0.15, 0.2) is 0 Å². The Morgan fingerprint density at radius 2 is 2.30 bits per heavy atom. The minimum atomic E-state index is -0.972. The molecule has 1 amide bonds. The topological polar surface area (TPSA) is 95.5 Å². The average Bonchev–Trinajstić information content (AvgIpc) is 3.22. The summed E-state index contributed by atoms with van der Waals surface area (Å²) < 4.78 is 5.23. The van der Waals surface area contributed by atoms with Crippen molar-refractivity contribution in [3.63, 3.8) is 0 Å². The molecule has 2 heterocycles. The van der Waals surface area contributed by atoms with Crippen molar-refractivity contribution in [1.82, 2.24) is 14.9 Å². The molecule has 0 bridgehead atoms. The largest absolute Gasteiger partial charge is 0.465 e. The van der Waals surface area contributed by atoms with Crippen LogP contribution in [0.5, 0.6) is 0 Å². The summed E-state index contributed by atoms with van der Waals surface area (Å²) in [6.07, 6.45) is 1.78. The Morgan fingerprint density at radius 3 is 3.00 bits per heavy atom. The van der Waals surface area contributed by atoms with Crippen molar-refractivity contribution in [2.75, 3.05) is 13.2 Å². The molecule has 1 aromatic rings. The van der Waals surface area contributed by atoms with E-state index in [0.717, 1.165) is 18.5 Å². The molecular weight excluding hydrogens is 262 g/mol. The molecule has 7 heteroatoms. The fraction of sp³-hybridized carbons (Fsp3) is 0.615. The molecule has 3 rings (SSSR count). The van der Waals surface area contributed by atoms with Crippen LogP contribution in [0.1, 0.15) is 29.9 Å². The number of H-pyrrole nitrogens is 1. The summed E-state index contributed by atoms with van der Waals surface area (Å²) in [4.78, 5) is 31.5. The molecule has 0 radical (unpaired) electrons. The van der Waals surface area contributed by atoms with Crippen LogP contribution < -0.4 is 5.56 Å². The maximum Gasteiger partial charge on any atom is 0.407 e. The molecule has 20 heavy (non-hydrogen) atoms. The van der Waals surface area contributed by atoms with Gasteiger partial charge >= 0.3 is 6.09 Å². The highest BCUT2D eigenvalue weighted by Gasteiger charge is 2.27. The highest BCUT2D eigenvalue weighted by atomic mass is 16.5. The Bertz CT molecular complexity index is 579. The molecule has 0 saturated heterocycles. The van der Waals surface area contributed by atoms with Crippen LogP contribution in [-0.4, -0.2) is 39.2 Å². The highest BCUT2D eigenvalue weighted by molar-refractivity contribution is 5.64. The van der Waals surface area contributed by atoms with E-state index in [1.54, 1.807) is 0 Å². The van der Waals surface area contributed by atoms with Gasteiger partial charge in [-0.15, -0.1) is 0 Å². The number of fused-ring (bicyclic) bond motifs is 1. The summed E-state index contributed by atoms with van der Waals surface area (Å²) >= 11 is 0. The number of aromatic amines is 1. The fourth-order valence-corrected chi connectivity index (χ4v) is 2.37. The first-order valence-electron chi connectivity index (χ1n) is 6.80. The maximum atomic E-state index is 11.9. The Hall–Kier alpha value is -1.89. The van der Waals surface area contributed by atoms with Crippen molar-refractivity contribution in [2.24, 2.45) is 5.92 Å². The lowest BCUT2D eigenvalue weighted by molar-refractivity contribution is 0.107. The maximum absolute atomic E-state index is 11.9. The van der Waals surface area contributed by atoms with Crippen LogP contribution >= 0.6 is 0 Å². The SMILES string of the molecule is O=C(O)N(Cc1nc2c(c(=O)[nH]1)COCC2)CC1CC1. The smallest absolute Gasteiger partial charge is 0.407 e. The van der Waals surface area contributed by atoms with E-state index in [4.69, 9.17) is 4.74 Å². The average molecular weight is 279 g/mol. The first kappa shape index (κ1) is 13.1. The van der Waals surface area contributed by atoms with Crippen molar-refractivity contribution < 1.29 is 14.6 Å². The lowest BCUT2D eigenvalue weighted by Gasteiger charge is -2.20. The Balaban J connectivity index is 1.80.